The molecule has 0 aromatic heterocycles. The molecule has 0 atom stereocenters. The summed E-state index contributed by atoms with van der Waals surface area (Å²) in [4.78, 5) is 11.5. The van der Waals surface area contributed by atoms with Crippen LogP contribution in [0.1, 0.15) is 0 Å². The lowest BCUT2D eigenvalue weighted by molar-refractivity contribution is -0.116. The second kappa shape index (κ2) is 5.48. The maximum absolute atomic E-state index is 11.5. The van der Waals surface area contributed by atoms with E-state index in [0.717, 1.165) is 10.6 Å². The maximum atomic E-state index is 11.5. The van der Waals surface area contributed by atoms with Gasteiger partial charge in [-0.3, -0.25) is 4.79 Å². The van der Waals surface area contributed by atoms with Crippen LogP contribution in [0.3, 0.4) is 0 Å². The number of rotatable bonds is 4. The van der Waals surface area contributed by atoms with E-state index in [9.17, 15) is 13.2 Å². The topological polar surface area (TPSA) is 66.5 Å². The minimum absolute atomic E-state index is 0.221. The highest BCUT2D eigenvalue weighted by Crippen LogP contribution is 2.13. The van der Waals surface area contributed by atoms with Gasteiger partial charge in [0.2, 0.25) is 15.9 Å². The molecule has 0 aliphatic carbocycles. The van der Waals surface area contributed by atoms with Crippen molar-refractivity contribution in [2.45, 2.75) is 0 Å². The van der Waals surface area contributed by atoms with Gasteiger partial charge in [-0.2, -0.15) is 4.31 Å². The Morgan fingerprint density at radius 3 is 2.35 bits per heavy atom. The van der Waals surface area contributed by atoms with Gasteiger partial charge in [0.15, 0.2) is 0 Å². The average Bonchev–Trinajstić information content (AvgIpc) is 2.20. The third-order valence-corrected chi connectivity index (χ3v) is 3.57. The standard InChI is InChI=1S/C10H13ClN2O3S/c1-13(17(2,15)16)7-10(14)12-9-5-3-8(11)4-6-9/h3-6H,7H2,1-2H3,(H,12,14). The fourth-order valence-corrected chi connectivity index (χ4v) is 1.53. The molecule has 17 heavy (non-hydrogen) atoms. The number of nitrogens with zero attached hydrogens (tertiary/aromatic N) is 1. The van der Waals surface area contributed by atoms with Gasteiger partial charge in [-0.25, -0.2) is 8.42 Å². The molecule has 0 bridgehead atoms. The lowest BCUT2D eigenvalue weighted by Crippen LogP contribution is -2.34. The average molecular weight is 277 g/mol. The summed E-state index contributed by atoms with van der Waals surface area (Å²) < 4.78 is 23.2. The van der Waals surface area contributed by atoms with Crippen molar-refractivity contribution in [2.75, 3.05) is 25.2 Å². The molecule has 94 valence electrons. The van der Waals surface area contributed by atoms with Crippen molar-refractivity contribution in [2.24, 2.45) is 0 Å². The molecule has 0 fully saturated rings. The Bertz CT molecular complexity index is 499. The third-order valence-electron chi connectivity index (χ3n) is 2.06. The largest absolute Gasteiger partial charge is 0.325 e. The minimum atomic E-state index is -3.35. The zero-order valence-electron chi connectivity index (χ0n) is 9.47. The van der Waals surface area contributed by atoms with E-state index < -0.39 is 15.9 Å². The number of sulfonamides is 1. The summed E-state index contributed by atoms with van der Waals surface area (Å²) in [6, 6.07) is 6.55. The molecule has 5 nitrogen and oxygen atoms in total. The van der Waals surface area contributed by atoms with E-state index in [1.54, 1.807) is 24.3 Å². The van der Waals surface area contributed by atoms with Gasteiger partial charge in [0.25, 0.3) is 0 Å². The highest BCUT2D eigenvalue weighted by molar-refractivity contribution is 7.88. The minimum Gasteiger partial charge on any atom is -0.325 e. The maximum Gasteiger partial charge on any atom is 0.239 e. The summed E-state index contributed by atoms with van der Waals surface area (Å²) in [5.74, 6) is -0.403. The van der Waals surface area contributed by atoms with Crippen molar-refractivity contribution < 1.29 is 13.2 Å². The predicted molar refractivity (Wildman–Crippen MR) is 67.6 cm³/mol. The number of anilines is 1. The molecule has 0 heterocycles. The number of likely N-dealkylation sites (N-methyl/N-ethyl adjacent to an activating group) is 1. The monoisotopic (exact) mass is 276 g/mol. The van der Waals surface area contributed by atoms with Crippen molar-refractivity contribution in [3.63, 3.8) is 0 Å². The first-order chi connectivity index (χ1) is 7.79. The first-order valence-corrected chi connectivity index (χ1v) is 6.98. The van der Waals surface area contributed by atoms with E-state index >= 15 is 0 Å². The van der Waals surface area contributed by atoms with E-state index in [-0.39, 0.29) is 6.54 Å². The summed E-state index contributed by atoms with van der Waals surface area (Å²) >= 11 is 5.69. The molecule has 1 rings (SSSR count). The summed E-state index contributed by atoms with van der Waals surface area (Å²) in [5.41, 5.74) is 0.571. The van der Waals surface area contributed by atoms with Gasteiger partial charge in [-0.05, 0) is 24.3 Å². The molecule has 0 unspecified atom stereocenters. The van der Waals surface area contributed by atoms with Crippen molar-refractivity contribution in [3.8, 4) is 0 Å². The van der Waals surface area contributed by atoms with E-state index in [4.69, 9.17) is 11.6 Å². The van der Waals surface area contributed by atoms with Crippen LogP contribution in [0.25, 0.3) is 0 Å². The highest BCUT2D eigenvalue weighted by Gasteiger charge is 2.14. The fraction of sp³-hybridized carbons (Fsp3) is 0.300. The Morgan fingerprint density at radius 2 is 1.88 bits per heavy atom. The van der Waals surface area contributed by atoms with Crippen LogP contribution < -0.4 is 5.32 Å². The van der Waals surface area contributed by atoms with Crippen LogP contribution in [-0.4, -0.2) is 38.5 Å². The van der Waals surface area contributed by atoms with Gasteiger partial charge >= 0.3 is 0 Å². The molecule has 1 aromatic rings. The Morgan fingerprint density at radius 1 is 1.35 bits per heavy atom. The van der Waals surface area contributed by atoms with Gasteiger partial charge in [0.05, 0.1) is 12.8 Å². The second-order valence-electron chi connectivity index (χ2n) is 3.57. The number of benzene rings is 1. The Balaban J connectivity index is 2.59. The van der Waals surface area contributed by atoms with E-state index in [1.807, 2.05) is 0 Å². The number of hydrogen-bond acceptors (Lipinski definition) is 3. The fourth-order valence-electron chi connectivity index (χ4n) is 1.05. The molecule has 0 saturated carbocycles. The normalized spacial score (nSPS) is 11.5. The molecule has 0 spiro atoms. The summed E-state index contributed by atoms with van der Waals surface area (Å²) in [5, 5.41) is 3.13. The van der Waals surface area contributed by atoms with Crippen LogP contribution in [-0.2, 0) is 14.8 Å². The number of amides is 1. The second-order valence-corrected chi connectivity index (χ2v) is 6.10. The van der Waals surface area contributed by atoms with E-state index in [1.165, 1.54) is 7.05 Å². The smallest absolute Gasteiger partial charge is 0.239 e. The van der Waals surface area contributed by atoms with Crippen molar-refractivity contribution >= 4 is 33.2 Å². The van der Waals surface area contributed by atoms with Crippen LogP contribution in [0.5, 0.6) is 0 Å². The van der Waals surface area contributed by atoms with Crippen LogP contribution in [0, 0.1) is 0 Å². The summed E-state index contributed by atoms with van der Waals surface area (Å²) in [7, 11) is -2.00. The van der Waals surface area contributed by atoms with Crippen LogP contribution in [0.15, 0.2) is 24.3 Å². The quantitative estimate of drug-likeness (QED) is 0.898. The molecule has 7 heteroatoms. The highest BCUT2D eigenvalue weighted by atomic mass is 35.5. The molecule has 0 aliphatic heterocycles. The number of nitrogens with one attached hydrogen (secondary N) is 1. The Kier molecular flexibility index (Phi) is 4.50. The number of halogens is 1. The molecule has 1 N–H and O–H groups in total. The van der Waals surface area contributed by atoms with E-state index in [2.05, 4.69) is 5.32 Å². The van der Waals surface area contributed by atoms with Gasteiger partial charge in [0.1, 0.15) is 0 Å². The lowest BCUT2D eigenvalue weighted by Gasteiger charge is -2.13. The molecular formula is C10H13ClN2O3S. The molecule has 0 aliphatic rings. The van der Waals surface area contributed by atoms with Gasteiger partial charge in [-0.1, -0.05) is 11.6 Å². The van der Waals surface area contributed by atoms with Crippen LogP contribution in [0.4, 0.5) is 5.69 Å². The van der Waals surface area contributed by atoms with Crippen molar-refractivity contribution in [1.29, 1.82) is 0 Å². The first-order valence-electron chi connectivity index (χ1n) is 4.76. The number of carbonyl (C=O) groups excluding carboxylic acids is 1. The first kappa shape index (κ1) is 14.0. The van der Waals surface area contributed by atoms with Gasteiger partial charge in [0, 0.05) is 17.8 Å². The van der Waals surface area contributed by atoms with Gasteiger partial charge < -0.3 is 5.32 Å². The number of hydrogen-bond donors (Lipinski definition) is 1. The molecule has 1 amide bonds. The molecule has 0 saturated heterocycles. The Labute approximate surface area is 105 Å². The zero-order chi connectivity index (χ0) is 13.1. The van der Waals surface area contributed by atoms with E-state index in [0.29, 0.717) is 10.7 Å². The van der Waals surface area contributed by atoms with Gasteiger partial charge in [-0.15, -0.1) is 0 Å². The zero-order valence-corrected chi connectivity index (χ0v) is 11.0. The summed E-state index contributed by atoms with van der Waals surface area (Å²) in [6.07, 6.45) is 1.04. The number of carbonyl (C=O) groups is 1. The molecular weight excluding hydrogens is 264 g/mol. The molecule has 1 aromatic carbocycles. The molecule has 0 radical (unpaired) electrons. The van der Waals surface area contributed by atoms with Crippen LogP contribution >= 0.6 is 11.6 Å². The predicted octanol–water partition coefficient (Wildman–Crippen LogP) is 1.17. The lowest BCUT2D eigenvalue weighted by atomic mass is 10.3. The third kappa shape index (κ3) is 4.72. The Hall–Kier alpha value is -1.11. The van der Waals surface area contributed by atoms with Crippen LogP contribution in [0.2, 0.25) is 5.02 Å². The van der Waals surface area contributed by atoms with Crippen molar-refractivity contribution in [3.05, 3.63) is 29.3 Å². The SMILES string of the molecule is CN(CC(=O)Nc1ccc(Cl)cc1)S(C)(=O)=O. The summed E-state index contributed by atoms with van der Waals surface area (Å²) in [6.45, 7) is -0.221. The van der Waals surface area contributed by atoms with Crippen molar-refractivity contribution in [1.82, 2.24) is 4.31 Å².